The van der Waals surface area contributed by atoms with Crippen molar-refractivity contribution < 1.29 is 27.8 Å². The fraction of sp³-hybridized carbons (Fsp3) is 0.562. The lowest BCUT2D eigenvalue weighted by Gasteiger charge is -2.29. The molecule has 0 radical (unpaired) electrons. The summed E-state index contributed by atoms with van der Waals surface area (Å²) in [4.78, 5) is 12.1. The van der Waals surface area contributed by atoms with Crippen molar-refractivity contribution in [2.45, 2.75) is 57.0 Å². The van der Waals surface area contributed by atoms with E-state index in [0.717, 1.165) is 18.9 Å². The summed E-state index contributed by atoms with van der Waals surface area (Å²) in [5.74, 6) is -0.917. The quantitative estimate of drug-likeness (QED) is 0.892. The number of alkyl halides is 3. The Morgan fingerprint density at radius 2 is 1.96 bits per heavy atom. The monoisotopic (exact) mass is 331 g/mol. The number of ether oxygens (including phenoxy) is 1. The Kier molecular flexibility index (Phi) is 5.51. The number of halogens is 3. The molecular weight excluding hydrogens is 311 g/mol. The van der Waals surface area contributed by atoms with Crippen LogP contribution < -0.4 is 10.1 Å². The number of benzene rings is 1. The predicted molar refractivity (Wildman–Crippen MR) is 77.9 cm³/mol. The smallest absolute Gasteiger partial charge is 0.419 e. The molecule has 0 saturated heterocycles. The molecule has 0 aromatic heterocycles. The van der Waals surface area contributed by atoms with E-state index in [4.69, 9.17) is 4.74 Å². The molecule has 1 aliphatic rings. The van der Waals surface area contributed by atoms with Crippen LogP contribution in [0.15, 0.2) is 24.3 Å². The summed E-state index contributed by atoms with van der Waals surface area (Å²) in [5, 5.41) is 12.5. The van der Waals surface area contributed by atoms with Crippen LogP contribution in [0.3, 0.4) is 0 Å². The normalized spacial score (nSPS) is 23.2. The van der Waals surface area contributed by atoms with Gasteiger partial charge in [-0.15, -0.1) is 0 Å². The Labute approximate surface area is 132 Å². The van der Waals surface area contributed by atoms with Gasteiger partial charge in [-0.3, -0.25) is 4.79 Å². The second-order valence-electron chi connectivity index (χ2n) is 5.72. The van der Waals surface area contributed by atoms with Crippen LogP contribution in [-0.4, -0.2) is 29.3 Å². The maximum atomic E-state index is 12.9. The number of carbonyl (C=O) groups excluding carboxylic acids is 1. The summed E-state index contributed by atoms with van der Waals surface area (Å²) in [6.45, 7) is 1.39. The summed E-state index contributed by atoms with van der Waals surface area (Å²) >= 11 is 0. The number of hydrogen-bond donors (Lipinski definition) is 2. The fourth-order valence-electron chi connectivity index (χ4n) is 2.63. The molecule has 3 atom stereocenters. The SMILES string of the molecule is CC(Oc1ccccc1C(F)(F)F)C(=O)NC1CCCCC1O. The Morgan fingerprint density at radius 1 is 1.30 bits per heavy atom. The van der Waals surface area contributed by atoms with Gasteiger partial charge in [-0.2, -0.15) is 13.2 Å². The van der Waals surface area contributed by atoms with Crippen LogP contribution in [0.4, 0.5) is 13.2 Å². The fourth-order valence-corrected chi connectivity index (χ4v) is 2.63. The van der Waals surface area contributed by atoms with Crippen LogP contribution in [0.25, 0.3) is 0 Å². The van der Waals surface area contributed by atoms with Crippen molar-refractivity contribution in [2.75, 3.05) is 0 Å². The Bertz CT molecular complexity index is 548. The highest BCUT2D eigenvalue weighted by Crippen LogP contribution is 2.36. The van der Waals surface area contributed by atoms with E-state index in [1.54, 1.807) is 0 Å². The van der Waals surface area contributed by atoms with E-state index in [0.29, 0.717) is 12.8 Å². The van der Waals surface area contributed by atoms with Gasteiger partial charge in [-0.1, -0.05) is 25.0 Å². The number of nitrogens with one attached hydrogen (secondary N) is 1. The largest absolute Gasteiger partial charge is 0.480 e. The molecule has 128 valence electrons. The summed E-state index contributed by atoms with van der Waals surface area (Å²) in [7, 11) is 0. The first kappa shape index (κ1) is 17.6. The van der Waals surface area contributed by atoms with Gasteiger partial charge in [0.25, 0.3) is 5.91 Å². The van der Waals surface area contributed by atoms with Gasteiger partial charge >= 0.3 is 6.18 Å². The van der Waals surface area contributed by atoms with Crippen LogP contribution in [0.2, 0.25) is 0 Å². The third-order valence-corrected chi connectivity index (χ3v) is 3.92. The van der Waals surface area contributed by atoms with Gasteiger partial charge in [-0.25, -0.2) is 0 Å². The lowest BCUT2D eigenvalue weighted by atomic mass is 9.92. The van der Waals surface area contributed by atoms with Crippen molar-refractivity contribution >= 4 is 5.91 Å². The first-order valence-corrected chi connectivity index (χ1v) is 7.60. The van der Waals surface area contributed by atoms with Crippen molar-refractivity contribution in [3.05, 3.63) is 29.8 Å². The van der Waals surface area contributed by atoms with Crippen LogP contribution in [0, 0.1) is 0 Å². The Morgan fingerprint density at radius 3 is 2.61 bits per heavy atom. The highest BCUT2D eigenvalue weighted by Gasteiger charge is 2.35. The molecule has 1 amide bonds. The first-order valence-electron chi connectivity index (χ1n) is 7.60. The van der Waals surface area contributed by atoms with E-state index in [-0.39, 0.29) is 11.8 Å². The van der Waals surface area contributed by atoms with Gasteiger partial charge in [-0.05, 0) is 31.9 Å². The van der Waals surface area contributed by atoms with Crippen LogP contribution >= 0.6 is 0 Å². The zero-order valence-corrected chi connectivity index (χ0v) is 12.8. The zero-order valence-electron chi connectivity index (χ0n) is 12.8. The molecule has 3 unspecified atom stereocenters. The molecule has 0 bridgehead atoms. The number of hydrogen-bond acceptors (Lipinski definition) is 3. The average Bonchev–Trinajstić information content (AvgIpc) is 2.49. The number of carbonyl (C=O) groups is 1. The van der Waals surface area contributed by atoms with Crippen LogP contribution in [0.1, 0.15) is 38.2 Å². The minimum absolute atomic E-state index is 0.375. The van der Waals surface area contributed by atoms with Gasteiger partial charge in [0, 0.05) is 0 Å². The standard InChI is InChI=1S/C16H20F3NO3/c1-10(15(22)20-12-7-3-4-8-13(12)21)23-14-9-5-2-6-11(14)16(17,18)19/h2,5-6,9-10,12-13,21H,3-4,7-8H2,1H3,(H,20,22). The van der Waals surface area contributed by atoms with E-state index < -0.39 is 29.9 Å². The molecule has 2 N–H and O–H groups in total. The van der Waals surface area contributed by atoms with Crippen LogP contribution in [-0.2, 0) is 11.0 Å². The van der Waals surface area contributed by atoms with E-state index in [9.17, 15) is 23.1 Å². The Balaban J connectivity index is 2.01. The topological polar surface area (TPSA) is 58.6 Å². The molecule has 1 aromatic carbocycles. The van der Waals surface area contributed by atoms with Gasteiger partial charge in [0.15, 0.2) is 6.10 Å². The van der Waals surface area contributed by atoms with Crippen molar-refractivity contribution in [3.63, 3.8) is 0 Å². The number of aliphatic hydroxyl groups is 1. The molecule has 1 fully saturated rings. The molecule has 0 heterocycles. The molecule has 0 aliphatic heterocycles. The summed E-state index contributed by atoms with van der Waals surface area (Å²) in [6.07, 6.45) is -3.20. The molecule has 0 spiro atoms. The van der Waals surface area contributed by atoms with Crippen molar-refractivity contribution in [1.82, 2.24) is 5.32 Å². The number of para-hydroxylation sites is 1. The van der Waals surface area contributed by atoms with E-state index in [2.05, 4.69) is 5.32 Å². The third-order valence-electron chi connectivity index (χ3n) is 3.92. The molecule has 2 rings (SSSR count). The van der Waals surface area contributed by atoms with Crippen molar-refractivity contribution in [2.24, 2.45) is 0 Å². The van der Waals surface area contributed by atoms with Gasteiger partial charge in [0.2, 0.25) is 0 Å². The van der Waals surface area contributed by atoms with Crippen molar-refractivity contribution in [3.8, 4) is 5.75 Å². The highest BCUT2D eigenvalue weighted by atomic mass is 19.4. The number of aliphatic hydroxyl groups excluding tert-OH is 1. The molecule has 1 aromatic rings. The maximum absolute atomic E-state index is 12.9. The number of rotatable bonds is 4. The minimum atomic E-state index is -4.55. The molecule has 23 heavy (non-hydrogen) atoms. The zero-order chi connectivity index (χ0) is 17.0. The summed E-state index contributed by atoms with van der Waals surface area (Å²) < 4.78 is 43.9. The first-order chi connectivity index (χ1) is 10.8. The number of amides is 1. The molecule has 7 heteroatoms. The summed E-state index contributed by atoms with van der Waals surface area (Å²) in [6, 6.07) is 4.39. The Hall–Kier alpha value is -1.76. The predicted octanol–water partition coefficient (Wildman–Crippen LogP) is 2.89. The lowest BCUT2D eigenvalue weighted by molar-refractivity contribution is -0.141. The maximum Gasteiger partial charge on any atom is 0.419 e. The van der Waals surface area contributed by atoms with Crippen molar-refractivity contribution in [1.29, 1.82) is 0 Å². The van der Waals surface area contributed by atoms with E-state index >= 15 is 0 Å². The summed E-state index contributed by atoms with van der Waals surface area (Å²) in [5.41, 5.74) is -0.919. The van der Waals surface area contributed by atoms with E-state index in [1.807, 2.05) is 0 Å². The molecule has 1 saturated carbocycles. The lowest BCUT2D eigenvalue weighted by Crippen LogP contribution is -2.49. The van der Waals surface area contributed by atoms with E-state index in [1.165, 1.54) is 25.1 Å². The second kappa shape index (κ2) is 7.21. The minimum Gasteiger partial charge on any atom is -0.480 e. The van der Waals surface area contributed by atoms with Gasteiger partial charge < -0.3 is 15.2 Å². The van der Waals surface area contributed by atoms with Gasteiger partial charge in [0.1, 0.15) is 5.75 Å². The highest BCUT2D eigenvalue weighted by molar-refractivity contribution is 5.81. The average molecular weight is 331 g/mol. The second-order valence-corrected chi connectivity index (χ2v) is 5.72. The molecular formula is C16H20F3NO3. The molecule has 4 nitrogen and oxygen atoms in total. The third kappa shape index (κ3) is 4.60. The van der Waals surface area contributed by atoms with Gasteiger partial charge in [0.05, 0.1) is 17.7 Å². The molecule has 1 aliphatic carbocycles. The van der Waals surface area contributed by atoms with Crippen LogP contribution in [0.5, 0.6) is 5.75 Å².